The molecule has 0 bridgehead atoms. The third kappa shape index (κ3) is 5.08. The molecule has 3 aromatic rings. The molecular formula is C23H23NO3S. The van der Waals surface area contributed by atoms with Crippen LogP contribution in [0.5, 0.6) is 0 Å². The van der Waals surface area contributed by atoms with Crippen LogP contribution in [0, 0.1) is 5.92 Å². The molecule has 0 fully saturated rings. The van der Waals surface area contributed by atoms with E-state index in [0.717, 1.165) is 16.7 Å². The zero-order valence-electron chi connectivity index (χ0n) is 15.8. The maximum atomic E-state index is 12.8. The molecule has 0 aliphatic carbocycles. The highest BCUT2D eigenvalue weighted by atomic mass is 32.1. The SMILES string of the molecule is CCOC(=O)C(CNC(=O)c1sccc1-c1ccccc1)Cc1ccccc1. The van der Waals surface area contributed by atoms with Crippen LogP contribution in [-0.2, 0) is 16.0 Å². The Morgan fingerprint density at radius 1 is 1.00 bits per heavy atom. The highest BCUT2D eigenvalue weighted by molar-refractivity contribution is 7.12. The summed E-state index contributed by atoms with van der Waals surface area (Å²) in [6.45, 7) is 2.34. The van der Waals surface area contributed by atoms with Gasteiger partial charge < -0.3 is 10.1 Å². The molecule has 0 radical (unpaired) electrons. The second-order valence-electron chi connectivity index (χ2n) is 6.38. The Labute approximate surface area is 169 Å². The minimum Gasteiger partial charge on any atom is -0.466 e. The number of thiophene rings is 1. The topological polar surface area (TPSA) is 55.4 Å². The number of carbonyl (C=O) groups excluding carboxylic acids is 2. The normalized spacial score (nSPS) is 11.6. The van der Waals surface area contributed by atoms with Gasteiger partial charge in [-0.15, -0.1) is 11.3 Å². The van der Waals surface area contributed by atoms with E-state index in [1.54, 1.807) is 6.92 Å². The van der Waals surface area contributed by atoms with Gasteiger partial charge in [-0.25, -0.2) is 0 Å². The lowest BCUT2D eigenvalue weighted by Gasteiger charge is -2.16. The van der Waals surface area contributed by atoms with Crippen LogP contribution in [0.4, 0.5) is 0 Å². The molecule has 3 rings (SSSR count). The van der Waals surface area contributed by atoms with Crippen molar-refractivity contribution in [2.45, 2.75) is 13.3 Å². The Morgan fingerprint density at radius 3 is 2.36 bits per heavy atom. The lowest BCUT2D eigenvalue weighted by atomic mass is 9.99. The summed E-state index contributed by atoms with van der Waals surface area (Å²) in [5, 5.41) is 4.83. The van der Waals surface area contributed by atoms with Crippen LogP contribution in [0.3, 0.4) is 0 Å². The van der Waals surface area contributed by atoms with Crippen LogP contribution in [0.15, 0.2) is 72.1 Å². The van der Waals surface area contributed by atoms with Crippen molar-refractivity contribution < 1.29 is 14.3 Å². The summed E-state index contributed by atoms with van der Waals surface area (Å²) < 4.78 is 5.20. The van der Waals surface area contributed by atoms with E-state index in [1.807, 2.05) is 72.1 Å². The molecule has 144 valence electrons. The Balaban J connectivity index is 1.70. The van der Waals surface area contributed by atoms with Crippen molar-refractivity contribution in [3.63, 3.8) is 0 Å². The molecule has 1 unspecified atom stereocenters. The molecule has 4 nitrogen and oxygen atoms in total. The molecule has 0 spiro atoms. The molecule has 28 heavy (non-hydrogen) atoms. The highest BCUT2D eigenvalue weighted by Gasteiger charge is 2.22. The number of hydrogen-bond acceptors (Lipinski definition) is 4. The van der Waals surface area contributed by atoms with Crippen molar-refractivity contribution in [3.8, 4) is 11.1 Å². The van der Waals surface area contributed by atoms with Crippen LogP contribution >= 0.6 is 11.3 Å². The number of benzene rings is 2. The Kier molecular flexibility index (Phi) is 6.98. The van der Waals surface area contributed by atoms with Crippen molar-refractivity contribution in [1.82, 2.24) is 5.32 Å². The first-order valence-corrected chi connectivity index (χ1v) is 10.2. The molecule has 0 aliphatic rings. The molecule has 0 saturated heterocycles. The zero-order valence-corrected chi connectivity index (χ0v) is 16.6. The van der Waals surface area contributed by atoms with Gasteiger partial charge in [0.15, 0.2) is 0 Å². The standard InChI is InChI=1S/C23H23NO3S/c1-2-27-23(26)19(15-17-9-5-3-6-10-17)16-24-22(25)21-20(13-14-28-21)18-11-7-4-8-12-18/h3-14,19H,2,15-16H2,1H3,(H,24,25). The summed E-state index contributed by atoms with van der Waals surface area (Å²) in [7, 11) is 0. The maximum absolute atomic E-state index is 12.8. The lowest BCUT2D eigenvalue weighted by molar-refractivity contribution is -0.147. The summed E-state index contributed by atoms with van der Waals surface area (Å²) in [5.74, 6) is -0.885. The number of nitrogens with one attached hydrogen (secondary N) is 1. The minimum absolute atomic E-state index is 0.170. The van der Waals surface area contributed by atoms with E-state index in [1.165, 1.54) is 11.3 Å². The van der Waals surface area contributed by atoms with E-state index >= 15 is 0 Å². The average Bonchev–Trinajstić information content (AvgIpc) is 3.22. The van der Waals surface area contributed by atoms with Gasteiger partial charge >= 0.3 is 5.97 Å². The van der Waals surface area contributed by atoms with E-state index in [0.29, 0.717) is 17.9 Å². The lowest BCUT2D eigenvalue weighted by Crippen LogP contribution is -2.35. The van der Waals surface area contributed by atoms with Crippen LogP contribution in [-0.4, -0.2) is 25.0 Å². The molecule has 5 heteroatoms. The Morgan fingerprint density at radius 2 is 1.68 bits per heavy atom. The monoisotopic (exact) mass is 393 g/mol. The summed E-state index contributed by atoms with van der Waals surface area (Å²) in [4.78, 5) is 25.8. The first kappa shape index (κ1) is 19.8. The molecule has 1 amide bonds. The summed E-state index contributed by atoms with van der Waals surface area (Å²) >= 11 is 1.40. The number of rotatable bonds is 8. The molecular weight excluding hydrogens is 370 g/mol. The predicted molar refractivity (Wildman–Crippen MR) is 112 cm³/mol. The molecule has 0 aliphatic heterocycles. The Bertz CT molecular complexity index is 906. The van der Waals surface area contributed by atoms with Gasteiger partial charge in [0.1, 0.15) is 0 Å². The van der Waals surface area contributed by atoms with Crippen molar-refractivity contribution in [1.29, 1.82) is 0 Å². The highest BCUT2D eigenvalue weighted by Crippen LogP contribution is 2.28. The van der Waals surface area contributed by atoms with Gasteiger partial charge in [0, 0.05) is 12.1 Å². The summed E-state index contributed by atoms with van der Waals surface area (Å²) in [6, 6.07) is 21.5. The fourth-order valence-electron chi connectivity index (χ4n) is 3.02. The molecule has 1 atom stereocenters. The molecule has 1 N–H and O–H groups in total. The van der Waals surface area contributed by atoms with E-state index in [4.69, 9.17) is 4.74 Å². The van der Waals surface area contributed by atoms with Gasteiger partial charge in [-0.05, 0) is 35.9 Å². The van der Waals surface area contributed by atoms with Crippen LogP contribution in [0.1, 0.15) is 22.2 Å². The zero-order chi connectivity index (χ0) is 19.8. The number of ether oxygens (including phenoxy) is 1. The molecule has 2 aromatic carbocycles. The van der Waals surface area contributed by atoms with Crippen molar-refractivity contribution in [2.24, 2.45) is 5.92 Å². The van der Waals surface area contributed by atoms with Crippen LogP contribution in [0.25, 0.3) is 11.1 Å². The second kappa shape index (κ2) is 9.85. The number of esters is 1. The first-order chi connectivity index (χ1) is 13.7. The van der Waals surface area contributed by atoms with Gasteiger partial charge in [-0.2, -0.15) is 0 Å². The fraction of sp³-hybridized carbons (Fsp3) is 0.217. The number of hydrogen-bond donors (Lipinski definition) is 1. The van der Waals surface area contributed by atoms with E-state index in [9.17, 15) is 9.59 Å². The molecule has 1 aromatic heterocycles. The summed E-state index contributed by atoms with van der Waals surface area (Å²) in [6.07, 6.45) is 0.524. The predicted octanol–water partition coefficient (Wildman–Crippen LogP) is 4.57. The third-order valence-electron chi connectivity index (χ3n) is 4.41. The van der Waals surface area contributed by atoms with Gasteiger partial charge in [-0.3, -0.25) is 9.59 Å². The van der Waals surface area contributed by atoms with E-state index in [2.05, 4.69) is 5.32 Å². The summed E-state index contributed by atoms with van der Waals surface area (Å²) in [5.41, 5.74) is 2.94. The van der Waals surface area contributed by atoms with Gasteiger partial charge in [0.25, 0.3) is 5.91 Å². The fourth-order valence-corrected chi connectivity index (χ4v) is 3.86. The second-order valence-corrected chi connectivity index (χ2v) is 7.29. The van der Waals surface area contributed by atoms with E-state index in [-0.39, 0.29) is 18.4 Å². The third-order valence-corrected chi connectivity index (χ3v) is 5.32. The van der Waals surface area contributed by atoms with Gasteiger partial charge in [0.2, 0.25) is 0 Å². The van der Waals surface area contributed by atoms with Crippen molar-refractivity contribution >= 4 is 23.2 Å². The van der Waals surface area contributed by atoms with Crippen LogP contribution in [0.2, 0.25) is 0 Å². The molecule has 1 heterocycles. The van der Waals surface area contributed by atoms with Crippen molar-refractivity contribution in [2.75, 3.05) is 13.2 Å². The van der Waals surface area contributed by atoms with Crippen molar-refractivity contribution in [3.05, 3.63) is 82.6 Å². The quantitative estimate of drug-likeness (QED) is 0.571. The first-order valence-electron chi connectivity index (χ1n) is 9.30. The Hall–Kier alpha value is -2.92. The van der Waals surface area contributed by atoms with Gasteiger partial charge in [0.05, 0.1) is 17.4 Å². The maximum Gasteiger partial charge on any atom is 0.311 e. The van der Waals surface area contributed by atoms with Gasteiger partial charge in [-0.1, -0.05) is 60.7 Å². The van der Waals surface area contributed by atoms with E-state index < -0.39 is 5.92 Å². The molecule has 0 saturated carbocycles. The smallest absolute Gasteiger partial charge is 0.311 e. The number of carbonyl (C=O) groups is 2. The average molecular weight is 394 g/mol. The number of amides is 1. The van der Waals surface area contributed by atoms with Crippen LogP contribution < -0.4 is 5.32 Å². The largest absolute Gasteiger partial charge is 0.466 e. The minimum atomic E-state index is -0.425.